The van der Waals surface area contributed by atoms with Crippen molar-refractivity contribution in [1.82, 2.24) is 5.32 Å². The molecule has 0 aromatic rings. The fourth-order valence-electron chi connectivity index (χ4n) is 0.540. The monoisotopic (exact) mass is 261 g/mol. The van der Waals surface area contributed by atoms with Crippen molar-refractivity contribution in [3.05, 3.63) is 9.90 Å². The van der Waals surface area contributed by atoms with Gasteiger partial charge in [0.25, 0.3) is 0 Å². The molecule has 0 heterocycles. The average molecular weight is 262 g/mol. The maximum atomic E-state index is 11.1. The van der Waals surface area contributed by atoms with Gasteiger partial charge in [0, 0.05) is 22.1 Å². The second-order valence-corrected chi connectivity index (χ2v) is 4.02. The van der Waals surface area contributed by atoms with Gasteiger partial charge in [-0.3, -0.25) is 4.79 Å². The van der Waals surface area contributed by atoms with Gasteiger partial charge in [-0.1, -0.05) is 23.2 Å². The van der Waals surface area contributed by atoms with Gasteiger partial charge in [0.15, 0.2) is 0 Å². The van der Waals surface area contributed by atoms with Gasteiger partial charge in [-0.2, -0.15) is 0 Å². The van der Waals surface area contributed by atoms with Crippen LogP contribution in [0.15, 0.2) is 9.90 Å². The number of amides is 1. The van der Waals surface area contributed by atoms with Crippen molar-refractivity contribution in [3.63, 3.8) is 0 Å². The molecular formula is C7H9Cl2NO3S. The Morgan fingerprint density at radius 3 is 2.79 bits per heavy atom. The molecule has 0 unspecified atom stereocenters. The number of hydrogen-bond donors (Lipinski definition) is 2. The maximum Gasteiger partial charge on any atom is 0.327 e. The zero-order chi connectivity index (χ0) is 13.6. The third-order valence-corrected chi connectivity index (χ3v) is 2.44. The highest BCUT2D eigenvalue weighted by Gasteiger charge is 2.17. The van der Waals surface area contributed by atoms with Gasteiger partial charge in [-0.05, 0) is 0 Å². The number of carbonyl (C=O) groups is 2. The van der Waals surface area contributed by atoms with Crippen molar-refractivity contribution in [2.24, 2.45) is 0 Å². The molecule has 1 amide bonds. The van der Waals surface area contributed by atoms with Gasteiger partial charge < -0.3 is 10.4 Å². The van der Waals surface area contributed by atoms with E-state index in [-0.39, 0.29) is 10.2 Å². The number of carbonyl (C=O) groups excluding carboxylic acids is 1. The number of rotatable bonds is 5. The lowest BCUT2D eigenvalue weighted by molar-refractivity contribution is -0.140. The Morgan fingerprint density at radius 1 is 1.71 bits per heavy atom. The summed E-state index contributed by atoms with van der Waals surface area (Å²) >= 11 is 11.5. The Bertz CT molecular complexity index is 331. The van der Waals surface area contributed by atoms with Crippen LogP contribution in [0.1, 0.15) is 11.0 Å². The molecule has 0 bridgehead atoms. The Labute approximate surface area is 99.9 Å². The van der Waals surface area contributed by atoms with Gasteiger partial charge in [0.05, 0.1) is 0 Å². The van der Waals surface area contributed by atoms with E-state index in [1.165, 1.54) is 5.41 Å². The summed E-state index contributed by atoms with van der Waals surface area (Å²) in [6, 6.07) is -1.32. The molecule has 0 radical (unpaired) electrons. The zero-order valence-corrected chi connectivity index (χ0v) is 9.12. The van der Waals surface area contributed by atoms with E-state index in [9.17, 15) is 9.59 Å². The van der Waals surface area contributed by atoms with E-state index < -0.39 is 24.8 Å². The minimum absolute atomic E-state index is 0.0544. The smallest absolute Gasteiger partial charge is 0.327 e. The van der Waals surface area contributed by atoms with Crippen molar-refractivity contribution in [1.29, 1.82) is 0 Å². The van der Waals surface area contributed by atoms with Crippen molar-refractivity contribution < 1.29 is 18.8 Å². The van der Waals surface area contributed by atoms with Crippen molar-refractivity contribution in [3.8, 4) is 0 Å². The molecule has 0 aliphatic rings. The summed E-state index contributed by atoms with van der Waals surface area (Å²) in [5.74, 6) is -2.74. The van der Waals surface area contributed by atoms with E-state index in [0.717, 1.165) is 11.8 Å². The SMILES string of the molecule is [2H]C([2H])([2H])[13C](=O)N[C@@H](CSC=C(Cl)Cl)C(=O)O. The number of aliphatic carboxylic acids is 1. The third kappa shape index (κ3) is 7.06. The van der Waals surface area contributed by atoms with Crippen LogP contribution in [0.4, 0.5) is 0 Å². The standard InChI is InChI=1S/C7H9Cl2NO3S/c1-4(11)10-5(7(12)13)2-14-3-6(8)9/h3,5H,2H2,1H3,(H,10,11)(H,12,13)/t5-/m0/s1/i1D3,4+1. The molecule has 0 aromatic carbocycles. The van der Waals surface area contributed by atoms with E-state index in [4.69, 9.17) is 32.4 Å². The first-order valence-corrected chi connectivity index (χ1v) is 5.11. The molecule has 80 valence electrons. The predicted octanol–water partition coefficient (Wildman–Crippen LogP) is 1.59. The quantitative estimate of drug-likeness (QED) is 0.738. The minimum Gasteiger partial charge on any atom is -0.480 e. The molecule has 0 rings (SSSR count). The van der Waals surface area contributed by atoms with E-state index in [2.05, 4.69) is 0 Å². The van der Waals surface area contributed by atoms with Crippen LogP contribution in [0.5, 0.6) is 0 Å². The van der Waals surface area contributed by atoms with Crippen LogP contribution in [0.3, 0.4) is 0 Å². The van der Waals surface area contributed by atoms with Crippen LogP contribution >= 0.6 is 35.0 Å². The van der Waals surface area contributed by atoms with Gasteiger partial charge in [-0.15, -0.1) is 11.8 Å². The Hall–Kier alpha value is -0.390. The first-order valence-electron chi connectivity index (χ1n) is 4.81. The largest absolute Gasteiger partial charge is 0.480 e. The summed E-state index contributed by atoms with van der Waals surface area (Å²) in [5, 5.41) is 11.9. The van der Waals surface area contributed by atoms with Gasteiger partial charge in [-0.25, -0.2) is 4.79 Å². The molecule has 7 heteroatoms. The minimum atomic E-state index is -2.88. The molecule has 4 nitrogen and oxygen atoms in total. The highest BCUT2D eigenvalue weighted by Crippen LogP contribution is 2.14. The number of hydrogen-bond acceptors (Lipinski definition) is 3. The second kappa shape index (κ2) is 6.98. The third-order valence-electron chi connectivity index (χ3n) is 1.04. The first-order chi connectivity index (χ1) is 7.64. The molecule has 0 fully saturated rings. The number of thioether (sulfide) groups is 1. The Balaban J connectivity index is 4.41. The summed E-state index contributed by atoms with van der Waals surface area (Å²) in [5.41, 5.74) is 0. The van der Waals surface area contributed by atoms with Crippen LogP contribution in [-0.2, 0) is 9.59 Å². The number of nitrogens with one attached hydrogen (secondary N) is 1. The highest BCUT2D eigenvalue weighted by molar-refractivity contribution is 8.02. The van der Waals surface area contributed by atoms with E-state index in [0.29, 0.717) is 0 Å². The van der Waals surface area contributed by atoms with Crippen molar-refractivity contribution in [2.75, 3.05) is 5.75 Å². The Kier molecular flexibility index (Phi) is 4.43. The topological polar surface area (TPSA) is 66.4 Å². The summed E-state index contributed by atoms with van der Waals surface area (Å²) < 4.78 is 20.3. The van der Waals surface area contributed by atoms with Crippen LogP contribution in [0.25, 0.3) is 0 Å². The maximum absolute atomic E-state index is 11.1. The van der Waals surface area contributed by atoms with Gasteiger partial charge in [0.2, 0.25) is 5.91 Å². The van der Waals surface area contributed by atoms with Crippen LogP contribution < -0.4 is 5.32 Å². The molecule has 0 aliphatic carbocycles. The summed E-state index contributed by atoms with van der Waals surface area (Å²) in [6.45, 7) is -2.88. The van der Waals surface area contributed by atoms with E-state index in [1.807, 2.05) is 5.32 Å². The zero-order valence-electron chi connectivity index (χ0n) is 9.79. The number of carboxylic acids is 1. The fourth-order valence-corrected chi connectivity index (χ4v) is 1.56. The molecule has 1 atom stereocenters. The highest BCUT2D eigenvalue weighted by atomic mass is 35.5. The summed E-state index contributed by atoms with van der Waals surface area (Å²) in [6.07, 6.45) is 0. The Morgan fingerprint density at radius 2 is 2.36 bits per heavy atom. The lowest BCUT2D eigenvalue weighted by atomic mass is 10.4. The molecule has 0 saturated carbocycles. The first kappa shape index (κ1) is 8.88. The number of carboxylic acid groups (broad SMARTS) is 1. The van der Waals surface area contributed by atoms with Crippen LogP contribution in [-0.4, -0.2) is 28.8 Å². The van der Waals surface area contributed by atoms with Crippen LogP contribution in [0.2, 0.25) is 0 Å². The van der Waals surface area contributed by atoms with E-state index in [1.54, 1.807) is 0 Å². The molecule has 0 spiro atoms. The molecule has 2 N–H and O–H groups in total. The lowest BCUT2D eigenvalue weighted by Crippen LogP contribution is -2.41. The molecule has 0 aliphatic heterocycles. The van der Waals surface area contributed by atoms with Gasteiger partial charge >= 0.3 is 5.97 Å². The predicted molar refractivity (Wildman–Crippen MR) is 57.5 cm³/mol. The van der Waals surface area contributed by atoms with Crippen molar-refractivity contribution in [2.45, 2.75) is 12.9 Å². The summed E-state index contributed by atoms with van der Waals surface area (Å²) in [4.78, 5) is 21.8. The normalized spacial score (nSPS) is 15.7. The molecular weight excluding hydrogens is 250 g/mol. The van der Waals surface area contributed by atoms with E-state index >= 15 is 0 Å². The lowest BCUT2D eigenvalue weighted by Gasteiger charge is -2.10. The van der Waals surface area contributed by atoms with Crippen LogP contribution in [0, 0.1) is 0 Å². The molecule has 14 heavy (non-hydrogen) atoms. The fraction of sp³-hybridized carbons (Fsp3) is 0.429. The number of halogens is 2. The second-order valence-electron chi connectivity index (χ2n) is 2.11. The average Bonchev–Trinajstić information content (AvgIpc) is 2.13. The van der Waals surface area contributed by atoms with Gasteiger partial charge in [0.1, 0.15) is 10.5 Å². The molecule has 0 aromatic heterocycles. The van der Waals surface area contributed by atoms with Crippen molar-refractivity contribution >= 4 is 46.8 Å². The summed E-state index contributed by atoms with van der Waals surface area (Å²) in [7, 11) is 0. The molecule has 0 saturated heterocycles.